The quantitative estimate of drug-likeness (QED) is 0.679. The van der Waals surface area contributed by atoms with Gasteiger partial charge in [0.1, 0.15) is 5.75 Å². The topological polar surface area (TPSA) is 54.0 Å². The van der Waals surface area contributed by atoms with Gasteiger partial charge in [-0.25, -0.2) is 0 Å². The molecule has 1 aliphatic heterocycles. The number of carbonyl (C=O) groups excluding carboxylic acids is 1. The molecule has 2 aromatic rings. The molecule has 5 nitrogen and oxygen atoms in total. The first kappa shape index (κ1) is 21.1. The molecule has 1 aliphatic rings. The molecular weight excluding hydrogens is 389 g/mol. The van der Waals surface area contributed by atoms with Crippen LogP contribution in [0.1, 0.15) is 30.1 Å². The van der Waals surface area contributed by atoms with E-state index in [0.717, 1.165) is 0 Å². The molecule has 0 aromatic heterocycles. The summed E-state index contributed by atoms with van der Waals surface area (Å²) in [6.45, 7) is 0. The Balaban J connectivity index is 2.04. The molecule has 3 rings (SSSR count). The predicted molar refractivity (Wildman–Crippen MR) is 97.1 cm³/mol. The second-order valence-electron chi connectivity index (χ2n) is 6.62. The van der Waals surface area contributed by atoms with Crippen molar-refractivity contribution >= 4 is 5.97 Å². The summed E-state index contributed by atoms with van der Waals surface area (Å²) in [5, 5.41) is 0. The lowest BCUT2D eigenvalue weighted by Gasteiger charge is -2.45. The lowest BCUT2D eigenvalue weighted by molar-refractivity contribution is -0.436. The monoisotopic (exact) mass is 410 g/mol. The van der Waals surface area contributed by atoms with Gasteiger partial charge >= 0.3 is 12.1 Å². The Morgan fingerprint density at radius 3 is 2.28 bits per heavy atom. The fourth-order valence-electron chi connectivity index (χ4n) is 3.31. The molecule has 29 heavy (non-hydrogen) atoms. The van der Waals surface area contributed by atoms with Crippen molar-refractivity contribution in [3.8, 4) is 5.75 Å². The summed E-state index contributed by atoms with van der Waals surface area (Å²) >= 11 is 0. The standard InChI is InChI=1S/C21H21F3O5/c1-26-16-10-8-14(9-11-16)18-12-17(13-19(25)27-2)28-20(29-18,21(22,23)24)15-6-4-3-5-7-15/h3-11,17-18H,12-13H2,1-2H3/t17?,18?,20-/m0/s1. The normalized spacial score (nSPS) is 24.7. The van der Waals surface area contributed by atoms with Crippen LogP contribution in [0, 0.1) is 0 Å². The van der Waals surface area contributed by atoms with Crippen molar-refractivity contribution in [2.24, 2.45) is 0 Å². The van der Waals surface area contributed by atoms with E-state index in [0.29, 0.717) is 11.3 Å². The Bertz CT molecular complexity index is 822. The minimum absolute atomic E-state index is 0.0616. The number of esters is 1. The highest BCUT2D eigenvalue weighted by Crippen LogP contribution is 2.51. The van der Waals surface area contributed by atoms with Crippen LogP contribution in [0.3, 0.4) is 0 Å². The third-order valence-electron chi connectivity index (χ3n) is 4.75. The van der Waals surface area contributed by atoms with Crippen LogP contribution in [-0.4, -0.2) is 32.5 Å². The fraction of sp³-hybridized carbons (Fsp3) is 0.381. The number of carbonyl (C=O) groups is 1. The van der Waals surface area contributed by atoms with Crippen LogP contribution in [0.4, 0.5) is 13.2 Å². The van der Waals surface area contributed by atoms with Crippen LogP contribution in [0.5, 0.6) is 5.75 Å². The Morgan fingerprint density at radius 2 is 1.72 bits per heavy atom. The van der Waals surface area contributed by atoms with E-state index < -0.39 is 30.1 Å². The van der Waals surface area contributed by atoms with Gasteiger partial charge in [0, 0.05) is 12.0 Å². The first-order valence-electron chi connectivity index (χ1n) is 8.97. The van der Waals surface area contributed by atoms with Crippen molar-refractivity contribution in [1.82, 2.24) is 0 Å². The van der Waals surface area contributed by atoms with E-state index in [4.69, 9.17) is 14.2 Å². The summed E-state index contributed by atoms with van der Waals surface area (Å²) < 4.78 is 63.6. The molecule has 0 aliphatic carbocycles. The predicted octanol–water partition coefficient (Wildman–Crippen LogP) is 4.52. The van der Waals surface area contributed by atoms with Crippen molar-refractivity contribution in [2.75, 3.05) is 14.2 Å². The summed E-state index contributed by atoms with van der Waals surface area (Å²) in [6, 6.07) is 13.7. The van der Waals surface area contributed by atoms with Gasteiger partial charge in [-0.2, -0.15) is 13.2 Å². The molecule has 0 radical (unpaired) electrons. The molecule has 1 saturated heterocycles. The van der Waals surface area contributed by atoms with Crippen molar-refractivity contribution in [3.63, 3.8) is 0 Å². The van der Waals surface area contributed by atoms with Crippen LogP contribution in [0.25, 0.3) is 0 Å². The van der Waals surface area contributed by atoms with Gasteiger partial charge in [-0.05, 0) is 17.7 Å². The first-order valence-corrected chi connectivity index (χ1v) is 8.97. The number of hydrogen-bond acceptors (Lipinski definition) is 5. The number of benzene rings is 2. The Labute approximate surface area is 166 Å². The zero-order chi connectivity index (χ0) is 21.1. The number of halogens is 3. The number of hydrogen-bond donors (Lipinski definition) is 0. The number of ether oxygens (including phenoxy) is 4. The summed E-state index contributed by atoms with van der Waals surface area (Å²) in [6.07, 6.45) is -7.15. The Hall–Kier alpha value is -2.58. The van der Waals surface area contributed by atoms with Crippen LogP contribution in [-0.2, 0) is 24.8 Å². The first-order chi connectivity index (χ1) is 13.8. The van der Waals surface area contributed by atoms with E-state index in [1.807, 2.05) is 0 Å². The van der Waals surface area contributed by atoms with Crippen LogP contribution in [0.15, 0.2) is 54.6 Å². The average Bonchev–Trinajstić information content (AvgIpc) is 2.73. The minimum Gasteiger partial charge on any atom is -0.497 e. The average molecular weight is 410 g/mol. The maximum absolute atomic E-state index is 14.3. The lowest BCUT2D eigenvalue weighted by Crippen LogP contribution is -2.53. The van der Waals surface area contributed by atoms with Gasteiger partial charge in [-0.3, -0.25) is 4.79 Å². The van der Waals surface area contributed by atoms with E-state index in [-0.39, 0.29) is 18.4 Å². The number of alkyl halides is 3. The van der Waals surface area contributed by atoms with E-state index in [1.54, 1.807) is 30.3 Å². The van der Waals surface area contributed by atoms with Gasteiger partial charge in [-0.15, -0.1) is 0 Å². The molecule has 0 amide bonds. The van der Waals surface area contributed by atoms with Crippen LogP contribution in [0.2, 0.25) is 0 Å². The van der Waals surface area contributed by atoms with Gasteiger partial charge in [0.25, 0.3) is 5.79 Å². The van der Waals surface area contributed by atoms with E-state index in [9.17, 15) is 18.0 Å². The zero-order valence-electron chi connectivity index (χ0n) is 15.9. The largest absolute Gasteiger partial charge is 0.497 e. The lowest BCUT2D eigenvalue weighted by atomic mass is 9.95. The van der Waals surface area contributed by atoms with Crippen LogP contribution < -0.4 is 4.74 Å². The zero-order valence-corrected chi connectivity index (χ0v) is 15.9. The molecule has 2 aromatic carbocycles. The highest BCUT2D eigenvalue weighted by atomic mass is 19.4. The molecule has 0 saturated carbocycles. The molecule has 0 spiro atoms. The van der Waals surface area contributed by atoms with Crippen LogP contribution >= 0.6 is 0 Å². The third-order valence-corrected chi connectivity index (χ3v) is 4.75. The van der Waals surface area contributed by atoms with E-state index >= 15 is 0 Å². The smallest absolute Gasteiger partial charge is 0.448 e. The maximum atomic E-state index is 14.3. The molecule has 0 N–H and O–H groups in total. The molecule has 156 valence electrons. The molecule has 3 atom stereocenters. The van der Waals surface area contributed by atoms with Gasteiger partial charge in [0.15, 0.2) is 0 Å². The van der Waals surface area contributed by atoms with Crippen molar-refractivity contribution in [2.45, 2.75) is 37.0 Å². The van der Waals surface area contributed by atoms with Gasteiger partial charge in [-0.1, -0.05) is 42.5 Å². The summed E-state index contributed by atoms with van der Waals surface area (Å²) in [7, 11) is 2.67. The van der Waals surface area contributed by atoms with Crippen molar-refractivity contribution < 1.29 is 36.9 Å². The molecule has 2 unspecified atom stereocenters. The maximum Gasteiger partial charge on any atom is 0.448 e. The SMILES string of the molecule is COC(=O)CC1CC(c2ccc(OC)cc2)O[C@@](c2ccccc2)(C(F)(F)F)O1. The van der Waals surface area contributed by atoms with Crippen molar-refractivity contribution in [3.05, 3.63) is 65.7 Å². The Morgan fingerprint density at radius 1 is 1.07 bits per heavy atom. The molecule has 1 fully saturated rings. The van der Waals surface area contributed by atoms with E-state index in [2.05, 4.69) is 4.74 Å². The molecule has 8 heteroatoms. The molecule has 0 bridgehead atoms. The highest BCUT2D eigenvalue weighted by molar-refractivity contribution is 5.69. The highest BCUT2D eigenvalue weighted by Gasteiger charge is 2.63. The third kappa shape index (κ3) is 4.38. The van der Waals surface area contributed by atoms with Gasteiger partial charge in [0.05, 0.1) is 32.8 Å². The fourth-order valence-corrected chi connectivity index (χ4v) is 3.31. The second-order valence-corrected chi connectivity index (χ2v) is 6.62. The second kappa shape index (κ2) is 8.42. The Kier molecular flexibility index (Phi) is 6.14. The molecular formula is C21H21F3O5. The van der Waals surface area contributed by atoms with Crippen molar-refractivity contribution in [1.29, 1.82) is 0 Å². The minimum atomic E-state index is -4.88. The summed E-state index contributed by atoms with van der Waals surface area (Å²) in [4.78, 5) is 11.8. The summed E-state index contributed by atoms with van der Waals surface area (Å²) in [5.41, 5.74) is 0.328. The molecule has 1 heterocycles. The number of rotatable bonds is 5. The van der Waals surface area contributed by atoms with Gasteiger partial charge in [0.2, 0.25) is 0 Å². The van der Waals surface area contributed by atoms with E-state index in [1.165, 1.54) is 38.5 Å². The summed E-state index contributed by atoms with van der Waals surface area (Å²) in [5.74, 6) is -3.10. The number of methoxy groups -OCH3 is 2. The van der Waals surface area contributed by atoms with Gasteiger partial charge < -0.3 is 18.9 Å².